The van der Waals surface area contributed by atoms with Gasteiger partial charge < -0.3 is 10.4 Å². The maximum absolute atomic E-state index is 13.0. The molecule has 0 bridgehead atoms. The number of fused-ring (bicyclic) bond motifs is 2. The number of H-pyrrole nitrogens is 1. The van der Waals surface area contributed by atoms with Gasteiger partial charge in [-0.25, -0.2) is 5.10 Å². The third-order valence-corrected chi connectivity index (χ3v) is 5.52. The van der Waals surface area contributed by atoms with Crippen LogP contribution in [-0.4, -0.2) is 37.0 Å². The smallest absolute Gasteiger partial charge is 0.305 e. The highest BCUT2D eigenvalue weighted by Crippen LogP contribution is 2.26. The number of hydrogen-bond acceptors (Lipinski definition) is 5. The van der Waals surface area contributed by atoms with E-state index in [-0.39, 0.29) is 24.2 Å². The van der Waals surface area contributed by atoms with Gasteiger partial charge in [0, 0.05) is 22.0 Å². The molecule has 5 rings (SSSR count). The molecule has 2 aromatic heterocycles. The number of carbonyl (C=O) groups excluding carboxylic acids is 1. The highest BCUT2D eigenvalue weighted by Gasteiger charge is 2.18. The standard InChI is InChI=1S/C25H19N5O4/c31-21(32)13-14-30-20-8-4-3-7-19(20)23(29-30)25(34)26-16-11-9-15(10-12-16)22-17-5-1-2-6-18(17)24(33)28-27-22/h1-12H,13-14H2,(H,26,34)(H,28,33)(H,31,32). The Morgan fingerprint density at radius 1 is 0.912 bits per heavy atom. The van der Waals surface area contributed by atoms with Crippen LogP contribution in [0.15, 0.2) is 77.6 Å². The van der Waals surface area contributed by atoms with Crippen LogP contribution in [0.2, 0.25) is 0 Å². The van der Waals surface area contributed by atoms with Crippen molar-refractivity contribution in [2.75, 3.05) is 5.32 Å². The number of para-hydroxylation sites is 1. The van der Waals surface area contributed by atoms with E-state index in [0.29, 0.717) is 27.7 Å². The van der Waals surface area contributed by atoms with Crippen molar-refractivity contribution in [3.63, 3.8) is 0 Å². The van der Waals surface area contributed by atoms with Crippen LogP contribution in [0.3, 0.4) is 0 Å². The monoisotopic (exact) mass is 453 g/mol. The number of carboxylic acids is 1. The van der Waals surface area contributed by atoms with Gasteiger partial charge in [-0.2, -0.15) is 10.2 Å². The molecule has 168 valence electrons. The molecule has 0 saturated heterocycles. The van der Waals surface area contributed by atoms with E-state index >= 15 is 0 Å². The molecule has 1 amide bonds. The molecule has 0 atom stereocenters. The summed E-state index contributed by atoms with van der Waals surface area (Å²) in [6.07, 6.45) is -0.0956. The first-order chi connectivity index (χ1) is 16.5. The lowest BCUT2D eigenvalue weighted by Gasteiger charge is -2.07. The molecule has 3 N–H and O–H groups in total. The van der Waals surface area contributed by atoms with E-state index in [1.165, 1.54) is 4.68 Å². The Hall–Kier alpha value is -4.79. The predicted octanol–water partition coefficient (Wildman–Crippen LogP) is 3.67. The lowest BCUT2D eigenvalue weighted by molar-refractivity contribution is -0.137. The minimum Gasteiger partial charge on any atom is -0.481 e. The molecule has 9 nitrogen and oxygen atoms in total. The van der Waals surface area contributed by atoms with E-state index in [0.717, 1.165) is 10.9 Å². The third-order valence-electron chi connectivity index (χ3n) is 5.52. The predicted molar refractivity (Wildman–Crippen MR) is 128 cm³/mol. The lowest BCUT2D eigenvalue weighted by Crippen LogP contribution is -2.14. The van der Waals surface area contributed by atoms with Crippen LogP contribution in [0.5, 0.6) is 0 Å². The highest BCUT2D eigenvalue weighted by molar-refractivity contribution is 6.11. The third kappa shape index (κ3) is 3.90. The molecular formula is C25H19N5O4. The second kappa shape index (κ2) is 8.62. The fourth-order valence-electron chi connectivity index (χ4n) is 3.90. The van der Waals surface area contributed by atoms with Crippen molar-refractivity contribution in [1.29, 1.82) is 0 Å². The van der Waals surface area contributed by atoms with E-state index in [2.05, 4.69) is 20.6 Å². The molecule has 0 fully saturated rings. The number of aliphatic carboxylic acids is 1. The Morgan fingerprint density at radius 2 is 1.59 bits per heavy atom. The fourth-order valence-corrected chi connectivity index (χ4v) is 3.90. The van der Waals surface area contributed by atoms with Crippen molar-refractivity contribution in [2.24, 2.45) is 0 Å². The van der Waals surface area contributed by atoms with Gasteiger partial charge in [0.05, 0.1) is 29.6 Å². The second-order valence-electron chi connectivity index (χ2n) is 7.71. The second-order valence-corrected chi connectivity index (χ2v) is 7.71. The number of aryl methyl sites for hydroxylation is 1. The minimum absolute atomic E-state index is 0.0956. The molecule has 0 aliphatic rings. The van der Waals surface area contributed by atoms with Gasteiger partial charge in [0.15, 0.2) is 5.69 Å². The van der Waals surface area contributed by atoms with Crippen molar-refractivity contribution in [3.8, 4) is 11.3 Å². The van der Waals surface area contributed by atoms with E-state index < -0.39 is 11.9 Å². The Bertz CT molecular complexity index is 1600. The molecular weight excluding hydrogens is 434 g/mol. The lowest BCUT2D eigenvalue weighted by atomic mass is 10.0. The molecule has 0 aliphatic heterocycles. The largest absolute Gasteiger partial charge is 0.481 e. The average Bonchev–Trinajstić information content (AvgIpc) is 3.23. The van der Waals surface area contributed by atoms with Crippen molar-refractivity contribution in [1.82, 2.24) is 20.0 Å². The zero-order chi connectivity index (χ0) is 23.7. The number of aromatic amines is 1. The SMILES string of the molecule is O=C(O)CCn1nc(C(=O)Nc2ccc(-c3n[nH]c(=O)c4ccccc34)cc2)c2ccccc21. The quantitative estimate of drug-likeness (QED) is 0.360. The Balaban J connectivity index is 1.42. The minimum atomic E-state index is -0.935. The van der Waals surface area contributed by atoms with E-state index in [4.69, 9.17) is 5.11 Å². The average molecular weight is 453 g/mol. The van der Waals surface area contributed by atoms with E-state index in [9.17, 15) is 14.4 Å². The van der Waals surface area contributed by atoms with Crippen molar-refractivity contribution in [3.05, 3.63) is 88.8 Å². The summed E-state index contributed by atoms with van der Waals surface area (Å²) in [7, 11) is 0. The van der Waals surface area contributed by atoms with Crippen LogP contribution in [0.25, 0.3) is 32.9 Å². The number of aromatic nitrogens is 4. The molecule has 2 heterocycles. The van der Waals surface area contributed by atoms with Crippen LogP contribution in [0.1, 0.15) is 16.9 Å². The topological polar surface area (TPSA) is 130 Å². The number of rotatable bonds is 6. The summed E-state index contributed by atoms with van der Waals surface area (Å²) in [5.74, 6) is -1.33. The van der Waals surface area contributed by atoms with Crippen LogP contribution >= 0.6 is 0 Å². The van der Waals surface area contributed by atoms with Crippen LogP contribution in [0, 0.1) is 0 Å². The van der Waals surface area contributed by atoms with E-state index in [1.807, 2.05) is 30.3 Å². The molecule has 5 aromatic rings. The van der Waals surface area contributed by atoms with Crippen molar-refractivity contribution in [2.45, 2.75) is 13.0 Å². The molecule has 34 heavy (non-hydrogen) atoms. The number of benzene rings is 3. The van der Waals surface area contributed by atoms with Gasteiger partial charge in [0.25, 0.3) is 11.5 Å². The van der Waals surface area contributed by atoms with Crippen LogP contribution in [-0.2, 0) is 11.3 Å². The molecule has 0 unspecified atom stereocenters. The van der Waals surface area contributed by atoms with Gasteiger partial charge in [-0.05, 0) is 24.3 Å². The number of anilines is 1. The van der Waals surface area contributed by atoms with Crippen LogP contribution in [0.4, 0.5) is 5.69 Å². The molecule has 9 heteroatoms. The van der Waals surface area contributed by atoms with Gasteiger partial charge in [-0.15, -0.1) is 0 Å². The molecule has 0 saturated carbocycles. The highest BCUT2D eigenvalue weighted by atomic mass is 16.4. The maximum Gasteiger partial charge on any atom is 0.305 e. The van der Waals surface area contributed by atoms with E-state index in [1.54, 1.807) is 42.5 Å². The summed E-state index contributed by atoms with van der Waals surface area (Å²) in [5.41, 5.74) is 2.65. The molecule has 0 spiro atoms. The number of nitrogens with one attached hydrogen (secondary N) is 2. The summed E-state index contributed by atoms with van der Waals surface area (Å²) >= 11 is 0. The maximum atomic E-state index is 13.0. The van der Waals surface area contributed by atoms with Crippen molar-refractivity contribution >= 4 is 39.2 Å². The molecule has 0 aliphatic carbocycles. The number of amides is 1. The Labute approximate surface area is 192 Å². The number of carboxylic acid groups (broad SMARTS) is 1. The summed E-state index contributed by atoms with van der Waals surface area (Å²) in [5, 5.41) is 24.9. The Kier molecular flexibility index (Phi) is 5.35. The number of carbonyl (C=O) groups is 2. The summed E-state index contributed by atoms with van der Waals surface area (Å²) < 4.78 is 1.54. The van der Waals surface area contributed by atoms with Gasteiger partial charge >= 0.3 is 5.97 Å². The first-order valence-electron chi connectivity index (χ1n) is 10.6. The fraction of sp³-hybridized carbons (Fsp3) is 0.0800. The number of hydrogen-bond donors (Lipinski definition) is 3. The first kappa shape index (κ1) is 21.1. The van der Waals surface area contributed by atoms with Crippen LogP contribution < -0.4 is 10.9 Å². The summed E-state index contributed by atoms with van der Waals surface area (Å²) in [6.45, 7) is 0.165. The zero-order valence-corrected chi connectivity index (χ0v) is 17.9. The van der Waals surface area contributed by atoms with Gasteiger partial charge in [0.1, 0.15) is 0 Å². The van der Waals surface area contributed by atoms with Crippen molar-refractivity contribution < 1.29 is 14.7 Å². The van der Waals surface area contributed by atoms with Gasteiger partial charge in [-0.3, -0.25) is 19.1 Å². The Morgan fingerprint density at radius 3 is 2.32 bits per heavy atom. The molecule has 0 radical (unpaired) electrons. The summed E-state index contributed by atoms with van der Waals surface area (Å²) in [4.78, 5) is 36.0. The number of nitrogens with zero attached hydrogens (tertiary/aromatic N) is 3. The normalized spacial score (nSPS) is 11.1. The zero-order valence-electron chi connectivity index (χ0n) is 17.9. The summed E-state index contributed by atoms with van der Waals surface area (Å²) in [6, 6.07) is 21.6. The van der Waals surface area contributed by atoms with Gasteiger partial charge in [0.2, 0.25) is 0 Å². The first-order valence-corrected chi connectivity index (χ1v) is 10.6. The van der Waals surface area contributed by atoms with Gasteiger partial charge in [-0.1, -0.05) is 48.5 Å². The molecule has 3 aromatic carbocycles.